The maximum atomic E-state index is 15.9. The Kier molecular flexibility index (Phi) is 11.4. The number of carbonyl (C=O) groups excluding carboxylic acids is 4. The van der Waals surface area contributed by atoms with Gasteiger partial charge >= 0.3 is 6.09 Å². The number of ether oxygens (including phenoxy) is 1. The van der Waals surface area contributed by atoms with Crippen molar-refractivity contribution in [1.82, 2.24) is 45.4 Å². The van der Waals surface area contributed by atoms with E-state index in [-0.39, 0.29) is 29.8 Å². The van der Waals surface area contributed by atoms with E-state index in [9.17, 15) is 19.2 Å². The number of imidazole rings is 2. The summed E-state index contributed by atoms with van der Waals surface area (Å²) in [4.78, 5) is 75.0. The predicted molar refractivity (Wildman–Crippen MR) is 222 cm³/mol. The molecule has 6 aromatic rings. The van der Waals surface area contributed by atoms with Crippen molar-refractivity contribution in [3.05, 3.63) is 114 Å². The smallest absolute Gasteiger partial charge is 0.407 e. The average Bonchev–Trinajstić information content (AvgIpc) is 4.11. The number of amides is 4. The largest absolute Gasteiger partial charge is 0.453 e. The number of carbonyl (C=O) groups is 4. The van der Waals surface area contributed by atoms with Gasteiger partial charge < -0.3 is 35.1 Å². The number of rotatable bonds is 12. The molecule has 2 saturated heterocycles. The molecule has 14 nitrogen and oxygen atoms in total. The van der Waals surface area contributed by atoms with E-state index in [0.29, 0.717) is 71.2 Å². The van der Waals surface area contributed by atoms with Gasteiger partial charge in [-0.2, -0.15) is 0 Å². The Morgan fingerprint density at radius 1 is 0.833 bits per heavy atom. The number of fused-ring (bicyclic) bond motifs is 1. The Balaban J connectivity index is 0.967. The van der Waals surface area contributed by atoms with Crippen molar-refractivity contribution < 1.29 is 28.3 Å². The van der Waals surface area contributed by atoms with Gasteiger partial charge in [0, 0.05) is 35.2 Å². The Morgan fingerprint density at radius 2 is 1.47 bits per heavy atom. The summed E-state index contributed by atoms with van der Waals surface area (Å²) in [5, 5.41) is 6.22. The fourth-order valence-electron chi connectivity index (χ4n) is 8.34. The van der Waals surface area contributed by atoms with Crippen LogP contribution in [0.25, 0.3) is 44.7 Å². The van der Waals surface area contributed by atoms with Crippen LogP contribution < -0.4 is 10.6 Å². The number of methoxy groups -OCH3 is 1. The fraction of sp³-hybridized carbons (Fsp3) is 0.311. The normalized spacial score (nSPS) is 17.5. The Bertz CT molecular complexity index is 2540. The molecule has 2 fully saturated rings. The number of H-pyrrole nitrogens is 2. The summed E-state index contributed by atoms with van der Waals surface area (Å²) in [5.41, 5.74) is 5.04. The van der Waals surface area contributed by atoms with Crippen molar-refractivity contribution in [2.75, 3.05) is 20.2 Å². The topological polar surface area (TPSA) is 178 Å². The predicted octanol–water partition coefficient (Wildman–Crippen LogP) is 7.02. The molecule has 0 spiro atoms. The van der Waals surface area contributed by atoms with Crippen LogP contribution in [-0.4, -0.2) is 85.3 Å². The molecule has 4 N–H and O–H groups in total. The number of nitrogens with one attached hydrogen (secondary N) is 4. The van der Waals surface area contributed by atoms with E-state index in [1.165, 1.54) is 13.2 Å². The lowest BCUT2D eigenvalue weighted by Crippen LogP contribution is -2.48. The van der Waals surface area contributed by atoms with Crippen molar-refractivity contribution in [3.63, 3.8) is 0 Å². The Hall–Kier alpha value is -6.90. The second-order valence-electron chi connectivity index (χ2n) is 15.5. The first-order chi connectivity index (χ1) is 29.1. The summed E-state index contributed by atoms with van der Waals surface area (Å²) in [5.74, 6) is 0.383. The van der Waals surface area contributed by atoms with Crippen molar-refractivity contribution in [2.45, 2.75) is 63.7 Å². The van der Waals surface area contributed by atoms with Crippen LogP contribution in [-0.2, 0) is 19.1 Å². The van der Waals surface area contributed by atoms with Gasteiger partial charge in [-0.15, -0.1) is 0 Å². The third kappa shape index (κ3) is 7.94. The Labute approximate surface area is 346 Å². The molecular weight excluding hydrogens is 766 g/mol. The summed E-state index contributed by atoms with van der Waals surface area (Å²) in [6.45, 7) is 4.91. The molecule has 2 aliphatic heterocycles. The van der Waals surface area contributed by atoms with Crippen LogP contribution in [0.5, 0.6) is 0 Å². The van der Waals surface area contributed by atoms with E-state index in [0.717, 1.165) is 35.9 Å². The molecule has 15 heteroatoms. The Morgan fingerprint density at radius 3 is 2.08 bits per heavy atom. The van der Waals surface area contributed by atoms with Gasteiger partial charge in [-0.25, -0.2) is 24.1 Å². The van der Waals surface area contributed by atoms with E-state index in [1.807, 2.05) is 50.2 Å². The number of hydrogen-bond acceptors (Lipinski definition) is 8. The van der Waals surface area contributed by atoms with Crippen LogP contribution in [0.4, 0.5) is 9.18 Å². The highest BCUT2D eigenvalue weighted by molar-refractivity contribution is 5.88. The summed E-state index contributed by atoms with van der Waals surface area (Å²) >= 11 is 0. The lowest BCUT2D eigenvalue weighted by molar-refractivity contribution is -0.137. The maximum absolute atomic E-state index is 15.9. The van der Waals surface area contributed by atoms with E-state index in [4.69, 9.17) is 9.72 Å². The number of halogens is 1. The summed E-state index contributed by atoms with van der Waals surface area (Å²) in [6, 6.07) is 21.4. The highest BCUT2D eigenvalue weighted by Crippen LogP contribution is 2.36. The van der Waals surface area contributed by atoms with Gasteiger partial charge in [0.05, 0.1) is 54.2 Å². The highest BCUT2D eigenvalue weighted by atomic mass is 19.1. The molecule has 0 saturated carbocycles. The van der Waals surface area contributed by atoms with Crippen molar-refractivity contribution in [3.8, 4) is 33.8 Å². The van der Waals surface area contributed by atoms with Crippen molar-refractivity contribution >= 4 is 35.2 Å². The van der Waals surface area contributed by atoms with Crippen LogP contribution in [0.15, 0.2) is 91.3 Å². The fourth-order valence-corrected chi connectivity index (χ4v) is 8.34. The van der Waals surface area contributed by atoms with E-state index < -0.39 is 24.0 Å². The minimum atomic E-state index is -0.934. The molecule has 0 radical (unpaired) electrons. The molecular formula is C45H46FN9O5. The first-order valence-corrected chi connectivity index (χ1v) is 20.1. The number of alkyl carbamates (subject to hydrolysis) is 1. The third-order valence-corrected chi connectivity index (χ3v) is 11.5. The summed E-state index contributed by atoms with van der Waals surface area (Å²) in [7, 11) is 1.25. The minimum Gasteiger partial charge on any atom is -0.453 e. The van der Waals surface area contributed by atoms with E-state index in [1.54, 1.807) is 58.6 Å². The molecule has 0 unspecified atom stereocenters. The summed E-state index contributed by atoms with van der Waals surface area (Å²) < 4.78 is 20.7. The zero-order chi connectivity index (χ0) is 41.9. The molecule has 3 aromatic heterocycles. The average molecular weight is 812 g/mol. The first-order valence-electron chi connectivity index (χ1n) is 20.1. The number of aromatic amines is 2. The van der Waals surface area contributed by atoms with Crippen LogP contribution >= 0.6 is 0 Å². The molecule has 2 aliphatic rings. The zero-order valence-electron chi connectivity index (χ0n) is 33.5. The molecule has 308 valence electrons. The number of nitrogens with zero attached hydrogens (tertiary/aromatic N) is 5. The van der Waals surface area contributed by atoms with Gasteiger partial charge in [0.15, 0.2) is 0 Å². The number of hydrogen-bond donors (Lipinski definition) is 4. The second kappa shape index (κ2) is 17.1. The molecule has 4 atom stereocenters. The molecule has 4 amide bonds. The van der Waals surface area contributed by atoms with Crippen LogP contribution in [0.3, 0.4) is 0 Å². The monoisotopic (exact) mass is 811 g/mol. The molecule has 0 bridgehead atoms. The second-order valence-corrected chi connectivity index (χ2v) is 15.5. The molecule has 60 heavy (non-hydrogen) atoms. The van der Waals surface area contributed by atoms with Gasteiger partial charge in [-0.05, 0) is 67.5 Å². The van der Waals surface area contributed by atoms with E-state index >= 15 is 4.39 Å². The highest BCUT2D eigenvalue weighted by Gasteiger charge is 2.38. The van der Waals surface area contributed by atoms with Gasteiger partial charge in [0.25, 0.3) is 5.91 Å². The number of likely N-dealkylation sites (tertiary alicyclic amines) is 2. The molecule has 5 heterocycles. The number of benzene rings is 3. The standard InChI is InChI=1S/C45H46FN9O5/c1-26(2)39(49-25-56)43(57)54-19-7-11-37(54)41-47-23-35(51-41)29-14-17-33-28(21-29)15-18-34(50-33)31-16-13-30(22-32(31)46)36-24-48-42(52-36)38-12-8-20-55(38)44(58)40(53-45(59)60-3)27-9-5-4-6-10-27/h4-6,9-10,13-18,21-26,37-40H,7-8,11-12,19-20H2,1-3H3,(H,47,51)(H,48,52)(H,49,56)(H,53,59)/t37-,38-,39-,40+/m0/s1. The van der Waals surface area contributed by atoms with Crippen molar-refractivity contribution in [2.24, 2.45) is 5.92 Å². The minimum absolute atomic E-state index is 0.0514. The molecule has 8 rings (SSSR count). The van der Waals surface area contributed by atoms with Crippen LogP contribution in [0.2, 0.25) is 0 Å². The third-order valence-electron chi connectivity index (χ3n) is 11.5. The summed E-state index contributed by atoms with van der Waals surface area (Å²) in [6.07, 6.45) is 6.31. The van der Waals surface area contributed by atoms with Gasteiger partial charge in [-0.3, -0.25) is 14.4 Å². The first kappa shape index (κ1) is 39.9. The van der Waals surface area contributed by atoms with Gasteiger partial charge in [-0.1, -0.05) is 62.4 Å². The molecule has 0 aliphatic carbocycles. The van der Waals surface area contributed by atoms with Gasteiger partial charge in [0.1, 0.15) is 29.5 Å². The number of aromatic nitrogens is 5. The lowest BCUT2D eigenvalue weighted by Gasteiger charge is -2.29. The van der Waals surface area contributed by atoms with Crippen molar-refractivity contribution in [1.29, 1.82) is 0 Å². The zero-order valence-corrected chi connectivity index (χ0v) is 33.5. The van der Waals surface area contributed by atoms with E-state index in [2.05, 4.69) is 30.6 Å². The quantitative estimate of drug-likeness (QED) is 0.0954. The van der Waals surface area contributed by atoms with Gasteiger partial charge in [0.2, 0.25) is 12.3 Å². The maximum Gasteiger partial charge on any atom is 0.407 e. The van der Waals surface area contributed by atoms with Crippen LogP contribution in [0, 0.1) is 11.7 Å². The van der Waals surface area contributed by atoms with Crippen LogP contribution in [0.1, 0.15) is 74.9 Å². The lowest BCUT2D eigenvalue weighted by atomic mass is 10.0. The molecule has 3 aromatic carbocycles. The SMILES string of the molecule is COC(=O)N[C@@H](C(=O)N1CCC[C@H]1c1ncc(-c2ccc(-c3ccc4cc(-c5cnc([C@@H]6CCCN6C(=O)[C@@H](NC=O)C(C)C)[nH]5)ccc4n3)c(F)c2)[nH]1)c1ccccc1. The number of pyridine rings is 1.